The zero-order chi connectivity index (χ0) is 49.8. The highest BCUT2D eigenvalue weighted by Gasteiger charge is 2.52. The minimum Gasteiger partial charge on any atom is -0.399 e. The summed E-state index contributed by atoms with van der Waals surface area (Å²) in [5.41, 5.74) is 5.64. The Kier molecular flexibility index (Phi) is 15.6. The molecule has 0 radical (unpaired) electrons. The van der Waals surface area contributed by atoms with Crippen molar-refractivity contribution in [3.63, 3.8) is 0 Å². The molecule has 12 nitrogen and oxygen atoms in total. The van der Waals surface area contributed by atoms with Crippen LogP contribution in [0.5, 0.6) is 0 Å². The van der Waals surface area contributed by atoms with Crippen LogP contribution in [-0.4, -0.2) is 55.6 Å². The molecule has 0 amide bonds. The fraction of sp³-hybridized carbons (Fsp3) is 0.176. The molecule has 1 aliphatic heterocycles. The van der Waals surface area contributed by atoms with Crippen molar-refractivity contribution >= 4 is 119 Å². The van der Waals surface area contributed by atoms with Crippen LogP contribution in [0.2, 0.25) is 20.1 Å². The van der Waals surface area contributed by atoms with Crippen LogP contribution >= 0.6 is 62.3 Å². The van der Waals surface area contributed by atoms with Crippen LogP contribution in [0.15, 0.2) is 156 Å². The maximum atomic E-state index is 13.3. The van der Waals surface area contributed by atoms with Gasteiger partial charge in [0.2, 0.25) is 0 Å². The lowest BCUT2D eigenvalue weighted by Crippen LogP contribution is -2.41. The van der Waals surface area contributed by atoms with Gasteiger partial charge in [-0.3, -0.25) is 0 Å². The van der Waals surface area contributed by atoms with Crippen LogP contribution in [-0.2, 0) is 32.4 Å². The van der Waals surface area contributed by atoms with Gasteiger partial charge in [-0.25, -0.2) is 32.3 Å². The van der Waals surface area contributed by atoms with E-state index in [0.29, 0.717) is 27.4 Å². The Morgan fingerprint density at radius 1 is 0.686 bits per heavy atom. The molecule has 19 heteroatoms. The van der Waals surface area contributed by atoms with Crippen molar-refractivity contribution in [2.75, 3.05) is 10.6 Å². The average molecular weight is 1100 g/mol. The van der Waals surface area contributed by atoms with Gasteiger partial charge in [0.25, 0.3) is 10.0 Å². The van der Waals surface area contributed by atoms with Crippen LogP contribution < -0.4 is 16.1 Å². The zero-order valence-electron chi connectivity index (χ0n) is 38.5. The van der Waals surface area contributed by atoms with Crippen LogP contribution in [0.4, 0.5) is 11.6 Å². The molecule has 7 heterocycles. The fourth-order valence-corrected chi connectivity index (χ4v) is 9.46. The van der Waals surface area contributed by atoms with Gasteiger partial charge >= 0.3 is 7.12 Å². The van der Waals surface area contributed by atoms with Crippen molar-refractivity contribution in [3.05, 3.63) is 187 Å². The third kappa shape index (κ3) is 12.0. The van der Waals surface area contributed by atoms with E-state index in [-0.39, 0.29) is 10.5 Å². The second kappa shape index (κ2) is 21.5. The second-order valence-electron chi connectivity index (χ2n) is 17.3. The molecule has 0 saturated carbocycles. The van der Waals surface area contributed by atoms with Gasteiger partial charge in [-0.05, 0) is 134 Å². The molecule has 0 unspecified atom stereocenters. The maximum absolute atomic E-state index is 13.3. The number of fused-ring (bicyclic) bond motifs is 2. The van der Waals surface area contributed by atoms with Crippen molar-refractivity contribution in [2.24, 2.45) is 0 Å². The largest absolute Gasteiger partial charge is 0.497 e. The number of anilines is 2. The summed E-state index contributed by atoms with van der Waals surface area (Å²) in [6.45, 7) is 11.1. The van der Waals surface area contributed by atoms with Gasteiger partial charge in [0.05, 0.1) is 31.8 Å². The van der Waals surface area contributed by atoms with Crippen LogP contribution in [0.25, 0.3) is 33.3 Å². The van der Waals surface area contributed by atoms with Gasteiger partial charge in [0.15, 0.2) is 5.65 Å². The number of aromatic nitrogens is 6. The highest BCUT2D eigenvalue weighted by Crippen LogP contribution is 2.38. The molecule has 1 fully saturated rings. The number of nitrogens with one attached hydrogen (secondary N) is 3. The summed E-state index contributed by atoms with van der Waals surface area (Å²) in [6.07, 6.45) is 6.48. The third-order valence-corrected chi connectivity index (χ3v) is 14.7. The van der Waals surface area contributed by atoms with Crippen LogP contribution in [0.3, 0.4) is 0 Å². The normalized spacial score (nSPS) is 13.9. The topological polar surface area (TPSA) is 149 Å². The Bertz CT molecular complexity index is 3380. The van der Waals surface area contributed by atoms with Gasteiger partial charge in [0.1, 0.15) is 21.9 Å². The Morgan fingerprint density at radius 3 is 1.81 bits per heavy atom. The first-order chi connectivity index (χ1) is 33.3. The first kappa shape index (κ1) is 50.9. The molecule has 1 aliphatic rings. The Labute approximate surface area is 435 Å². The predicted octanol–water partition coefficient (Wildman–Crippen LogP) is 13.2. The molecule has 3 aromatic carbocycles. The quantitative estimate of drug-likeness (QED) is 0.0892. The first-order valence-electron chi connectivity index (χ1n) is 21.9. The number of benzene rings is 3. The number of H-pyrrole nitrogens is 1. The lowest BCUT2D eigenvalue weighted by atomic mass is 9.79. The standard InChI is InChI=1S/C20H22BClN2O4S.C19H14Cl2N4.C12H10BrClN2/c1-13-6-8-15(9-7-13)29(25,26)24-12-17(16-10-14(22)11-23-18(16)24)21-27-19(2,3)20(4,5)28-21;20-13-6-4-12(5-7-13)9-22-18-3-1-2-17(25-18)16-11-24-19-15(16)8-14(21)10-23-19;13-11-2-1-3-12(16-11)15-8-9-4-6-10(14)7-5-9/h6-12H,1-5H3;1-8,10-11H,9H2,(H,22,25)(H,23,24);1-7H,8H2,(H,15,16). The summed E-state index contributed by atoms with van der Waals surface area (Å²) < 4.78 is 41.0. The molecule has 9 aromatic rings. The molecular weight excluding hydrogens is 1050 g/mol. The van der Waals surface area contributed by atoms with Gasteiger partial charge in [-0.15, -0.1) is 0 Å². The van der Waals surface area contributed by atoms with Crippen LogP contribution in [0.1, 0.15) is 44.4 Å². The number of halogens is 5. The minimum absolute atomic E-state index is 0.178. The van der Waals surface area contributed by atoms with E-state index in [4.69, 9.17) is 60.7 Å². The van der Waals surface area contributed by atoms with E-state index in [1.54, 1.807) is 36.5 Å². The summed E-state index contributed by atoms with van der Waals surface area (Å²) in [4.78, 5) is 20.9. The van der Waals surface area contributed by atoms with Crippen molar-refractivity contribution < 1.29 is 17.7 Å². The van der Waals surface area contributed by atoms with E-state index in [2.05, 4.69) is 46.5 Å². The van der Waals surface area contributed by atoms with Crippen molar-refractivity contribution in [2.45, 2.75) is 63.8 Å². The molecule has 1 saturated heterocycles. The van der Waals surface area contributed by atoms with Crippen molar-refractivity contribution in [1.82, 2.24) is 28.9 Å². The molecule has 358 valence electrons. The Morgan fingerprint density at radius 2 is 1.23 bits per heavy atom. The lowest BCUT2D eigenvalue weighted by Gasteiger charge is -2.32. The molecule has 0 bridgehead atoms. The molecule has 70 heavy (non-hydrogen) atoms. The molecule has 0 aliphatic carbocycles. The molecule has 10 rings (SSSR count). The molecule has 0 atom stereocenters. The zero-order valence-corrected chi connectivity index (χ0v) is 43.9. The van der Waals surface area contributed by atoms with E-state index >= 15 is 0 Å². The summed E-state index contributed by atoms with van der Waals surface area (Å²) >= 11 is 27.3. The lowest BCUT2D eigenvalue weighted by molar-refractivity contribution is 0.00578. The van der Waals surface area contributed by atoms with E-state index in [1.807, 2.05) is 132 Å². The summed E-state index contributed by atoms with van der Waals surface area (Å²) in [5, 5.41) is 10.6. The van der Waals surface area contributed by atoms with E-state index in [9.17, 15) is 8.42 Å². The third-order valence-electron chi connectivity index (χ3n) is 11.7. The minimum atomic E-state index is -3.86. The van der Waals surface area contributed by atoms with Gasteiger partial charge in [-0.2, -0.15) is 0 Å². The summed E-state index contributed by atoms with van der Waals surface area (Å²) in [7, 11) is -4.60. The molecule has 6 aromatic heterocycles. The number of aromatic amines is 1. The maximum Gasteiger partial charge on any atom is 0.497 e. The number of pyridine rings is 4. The predicted molar refractivity (Wildman–Crippen MR) is 288 cm³/mol. The number of hydrogen-bond acceptors (Lipinski definition) is 10. The van der Waals surface area contributed by atoms with Gasteiger partial charge in [-0.1, -0.05) is 100 Å². The van der Waals surface area contributed by atoms with Crippen molar-refractivity contribution in [3.8, 4) is 11.3 Å². The molecular formula is C51H46BBrCl4N8O4S. The smallest absolute Gasteiger partial charge is 0.399 e. The number of rotatable bonds is 10. The highest BCUT2D eigenvalue weighted by atomic mass is 79.9. The van der Waals surface area contributed by atoms with E-state index in [0.717, 1.165) is 66.2 Å². The van der Waals surface area contributed by atoms with Crippen LogP contribution in [0, 0.1) is 6.92 Å². The Balaban J connectivity index is 0.000000147. The molecule has 3 N–H and O–H groups in total. The van der Waals surface area contributed by atoms with E-state index in [1.165, 1.54) is 21.9 Å². The second-order valence-corrected chi connectivity index (χ2v) is 21.7. The fourth-order valence-electron chi connectivity index (χ4n) is 7.21. The van der Waals surface area contributed by atoms with Gasteiger partial charge in [0, 0.05) is 69.7 Å². The summed E-state index contributed by atoms with van der Waals surface area (Å²) in [5.74, 6) is 1.65. The number of aryl methyl sites for hydroxylation is 1. The monoisotopic (exact) mass is 1100 g/mol. The highest BCUT2D eigenvalue weighted by molar-refractivity contribution is 9.10. The number of nitrogens with zero attached hydrogens (tertiary/aromatic N) is 5. The number of hydrogen-bond donors (Lipinski definition) is 3. The van der Waals surface area contributed by atoms with Gasteiger partial charge < -0.3 is 24.9 Å². The molecule has 0 spiro atoms. The SMILES string of the molecule is Cc1ccc(S(=O)(=O)n2cc(B3OC(C)(C)C(C)(C)O3)c3cc(Cl)cnc32)cc1.Clc1ccc(CNc2cccc(-c3c[nH]c4ncc(Cl)cc34)n2)cc1.Clc1ccc(CNc2cccc(Br)n2)cc1. The Hall–Kier alpha value is -5.49. The summed E-state index contributed by atoms with van der Waals surface area (Å²) in [6, 6.07) is 37.4. The average Bonchev–Trinajstić information content (AvgIpc) is 3.99. The van der Waals surface area contributed by atoms with Crippen molar-refractivity contribution in [1.29, 1.82) is 0 Å². The first-order valence-corrected chi connectivity index (χ1v) is 25.6. The van der Waals surface area contributed by atoms with E-state index < -0.39 is 28.3 Å².